The van der Waals surface area contributed by atoms with E-state index >= 15 is 0 Å². The highest BCUT2D eigenvalue weighted by atomic mass is 19.4. The Labute approximate surface area is 119 Å². The van der Waals surface area contributed by atoms with E-state index in [1.807, 2.05) is 5.32 Å². The first-order valence-corrected chi connectivity index (χ1v) is 6.33. The minimum atomic E-state index is -4.52. The number of carbonyl (C=O) groups is 1. The molecular weight excluding hydrogens is 283 g/mol. The molecule has 1 atom stereocenters. The van der Waals surface area contributed by atoms with Crippen LogP contribution in [-0.2, 0) is 6.42 Å². The molecule has 1 aromatic carbocycles. The summed E-state index contributed by atoms with van der Waals surface area (Å²) in [6, 6.07) is 7.62. The molecule has 0 aliphatic heterocycles. The lowest BCUT2D eigenvalue weighted by atomic mass is 10.1. The van der Waals surface area contributed by atoms with Gasteiger partial charge in [0, 0.05) is 6.42 Å². The van der Waals surface area contributed by atoms with Crippen LogP contribution in [0.4, 0.5) is 13.2 Å². The molecular formula is C15H14F3NO2. The summed E-state index contributed by atoms with van der Waals surface area (Å²) in [5.41, 5.74) is 0.612. The number of amides is 1. The second-order valence-corrected chi connectivity index (χ2v) is 4.65. The van der Waals surface area contributed by atoms with Crippen LogP contribution in [0.1, 0.15) is 21.7 Å². The second kappa shape index (κ2) is 6.03. The lowest BCUT2D eigenvalue weighted by molar-refractivity contribution is -0.153. The van der Waals surface area contributed by atoms with Crippen molar-refractivity contribution in [3.63, 3.8) is 0 Å². The lowest BCUT2D eigenvalue weighted by Gasteiger charge is -2.21. The van der Waals surface area contributed by atoms with Gasteiger partial charge in [0.1, 0.15) is 11.8 Å². The minimum Gasteiger partial charge on any atom is -0.469 e. The van der Waals surface area contributed by atoms with Gasteiger partial charge in [-0.15, -0.1) is 0 Å². The first-order chi connectivity index (χ1) is 9.88. The van der Waals surface area contributed by atoms with Crippen molar-refractivity contribution >= 4 is 5.91 Å². The molecule has 6 heteroatoms. The van der Waals surface area contributed by atoms with Gasteiger partial charge in [-0.3, -0.25) is 4.79 Å². The van der Waals surface area contributed by atoms with Gasteiger partial charge in [-0.05, 0) is 18.6 Å². The monoisotopic (exact) mass is 297 g/mol. The topological polar surface area (TPSA) is 42.2 Å². The number of nitrogens with one attached hydrogen (secondary N) is 1. The number of hydrogen-bond acceptors (Lipinski definition) is 2. The first kappa shape index (κ1) is 15.2. The Morgan fingerprint density at radius 3 is 2.43 bits per heavy atom. The van der Waals surface area contributed by atoms with Gasteiger partial charge in [-0.1, -0.05) is 30.3 Å². The Bertz CT molecular complexity index is 605. The molecule has 112 valence electrons. The van der Waals surface area contributed by atoms with Gasteiger partial charge in [-0.2, -0.15) is 13.2 Å². The molecule has 3 nitrogen and oxygen atoms in total. The highest BCUT2D eigenvalue weighted by Gasteiger charge is 2.40. The van der Waals surface area contributed by atoms with Crippen LogP contribution in [-0.4, -0.2) is 18.1 Å². The van der Waals surface area contributed by atoms with E-state index in [1.54, 1.807) is 30.3 Å². The van der Waals surface area contributed by atoms with E-state index in [0.29, 0.717) is 5.56 Å². The minimum absolute atomic E-state index is 0.109. The summed E-state index contributed by atoms with van der Waals surface area (Å²) in [4.78, 5) is 11.9. The summed E-state index contributed by atoms with van der Waals surface area (Å²) in [6.45, 7) is 1.52. The van der Waals surface area contributed by atoms with Crippen molar-refractivity contribution in [1.82, 2.24) is 5.32 Å². The van der Waals surface area contributed by atoms with E-state index in [-0.39, 0.29) is 17.7 Å². The number of carbonyl (C=O) groups excluding carboxylic acids is 1. The van der Waals surface area contributed by atoms with Crippen LogP contribution in [0, 0.1) is 6.92 Å². The maximum Gasteiger partial charge on any atom is 0.408 e. The zero-order chi connectivity index (χ0) is 15.5. The van der Waals surface area contributed by atoms with Gasteiger partial charge in [0.25, 0.3) is 5.91 Å². The highest BCUT2D eigenvalue weighted by Crippen LogP contribution is 2.24. The van der Waals surface area contributed by atoms with Gasteiger partial charge in [0.2, 0.25) is 0 Å². The SMILES string of the molecule is Cc1occc1C(=O)NC(Cc1ccccc1)C(F)(F)F. The summed E-state index contributed by atoms with van der Waals surface area (Å²) in [5.74, 6) is -0.507. The maximum absolute atomic E-state index is 13.1. The lowest BCUT2D eigenvalue weighted by Crippen LogP contribution is -2.46. The van der Waals surface area contributed by atoms with E-state index in [2.05, 4.69) is 0 Å². The number of hydrogen-bond donors (Lipinski definition) is 1. The van der Waals surface area contributed by atoms with Crippen molar-refractivity contribution in [2.75, 3.05) is 0 Å². The molecule has 0 fully saturated rings. The van der Waals surface area contributed by atoms with Crippen molar-refractivity contribution in [3.05, 3.63) is 59.5 Å². The Kier molecular flexibility index (Phi) is 4.35. The van der Waals surface area contributed by atoms with E-state index in [9.17, 15) is 18.0 Å². The van der Waals surface area contributed by atoms with Crippen molar-refractivity contribution in [3.8, 4) is 0 Å². The molecule has 1 N–H and O–H groups in total. The van der Waals surface area contributed by atoms with Gasteiger partial charge >= 0.3 is 6.18 Å². The molecule has 0 saturated carbocycles. The largest absolute Gasteiger partial charge is 0.469 e. The number of aryl methyl sites for hydroxylation is 1. The molecule has 0 aliphatic rings. The predicted octanol–water partition coefficient (Wildman–Crippen LogP) is 3.49. The number of alkyl halides is 3. The second-order valence-electron chi connectivity index (χ2n) is 4.65. The number of benzene rings is 1. The average molecular weight is 297 g/mol. The summed E-state index contributed by atoms with van der Waals surface area (Å²) >= 11 is 0. The first-order valence-electron chi connectivity index (χ1n) is 6.33. The molecule has 0 saturated heterocycles. The van der Waals surface area contributed by atoms with Gasteiger partial charge in [0.15, 0.2) is 0 Å². The standard InChI is InChI=1S/C15H14F3NO2/c1-10-12(7-8-21-10)14(20)19-13(15(16,17)18)9-11-5-3-2-4-6-11/h2-8,13H,9H2,1H3,(H,19,20). The fourth-order valence-corrected chi connectivity index (χ4v) is 1.95. The van der Waals surface area contributed by atoms with Crippen molar-refractivity contribution < 1.29 is 22.4 Å². The van der Waals surface area contributed by atoms with Crippen molar-refractivity contribution in [2.45, 2.75) is 25.6 Å². The molecule has 2 rings (SSSR count). The molecule has 0 aliphatic carbocycles. The molecule has 0 bridgehead atoms. The van der Waals surface area contributed by atoms with Gasteiger partial charge in [0.05, 0.1) is 11.8 Å². The van der Waals surface area contributed by atoms with Gasteiger partial charge in [-0.25, -0.2) is 0 Å². The van der Waals surface area contributed by atoms with Crippen molar-refractivity contribution in [1.29, 1.82) is 0 Å². The zero-order valence-corrected chi connectivity index (χ0v) is 11.3. The van der Waals surface area contributed by atoms with Crippen molar-refractivity contribution in [2.24, 2.45) is 0 Å². The van der Waals surface area contributed by atoms with Crippen LogP contribution in [0.15, 0.2) is 47.1 Å². The summed E-state index contributed by atoms with van der Waals surface area (Å²) in [5, 5.41) is 2.02. The molecule has 1 unspecified atom stereocenters. The van der Waals surface area contributed by atoms with E-state index in [0.717, 1.165) is 0 Å². The summed E-state index contributed by atoms with van der Waals surface area (Å²) in [6.07, 6.45) is -3.57. The van der Waals surface area contributed by atoms with Crippen LogP contribution < -0.4 is 5.32 Å². The Morgan fingerprint density at radius 1 is 1.24 bits per heavy atom. The summed E-state index contributed by atoms with van der Waals surface area (Å²) in [7, 11) is 0. The zero-order valence-electron chi connectivity index (χ0n) is 11.3. The van der Waals surface area contributed by atoms with E-state index in [1.165, 1.54) is 19.3 Å². The van der Waals surface area contributed by atoms with Crippen LogP contribution in [0.2, 0.25) is 0 Å². The summed E-state index contributed by atoms with van der Waals surface area (Å²) < 4.78 is 44.1. The quantitative estimate of drug-likeness (QED) is 0.938. The van der Waals surface area contributed by atoms with Crippen LogP contribution in [0.25, 0.3) is 0 Å². The Hall–Kier alpha value is -2.24. The normalized spacial score (nSPS) is 13.0. The van der Waals surface area contributed by atoms with Gasteiger partial charge < -0.3 is 9.73 Å². The molecule has 2 aromatic rings. The third-order valence-corrected chi connectivity index (χ3v) is 3.09. The highest BCUT2D eigenvalue weighted by molar-refractivity contribution is 5.95. The molecule has 1 heterocycles. The molecule has 1 aromatic heterocycles. The van der Waals surface area contributed by atoms with Crippen LogP contribution in [0.5, 0.6) is 0 Å². The number of halogens is 3. The predicted molar refractivity (Wildman–Crippen MR) is 70.9 cm³/mol. The smallest absolute Gasteiger partial charge is 0.408 e. The van der Waals surface area contributed by atoms with E-state index in [4.69, 9.17) is 4.42 Å². The fraction of sp³-hybridized carbons (Fsp3) is 0.267. The maximum atomic E-state index is 13.1. The van der Waals surface area contributed by atoms with E-state index < -0.39 is 18.1 Å². The molecule has 21 heavy (non-hydrogen) atoms. The Balaban J connectivity index is 2.14. The fourth-order valence-electron chi connectivity index (χ4n) is 1.95. The third-order valence-electron chi connectivity index (χ3n) is 3.09. The molecule has 1 amide bonds. The average Bonchev–Trinajstić information content (AvgIpc) is 2.84. The Morgan fingerprint density at radius 2 is 1.90 bits per heavy atom. The van der Waals surface area contributed by atoms with Crippen LogP contribution in [0.3, 0.4) is 0 Å². The third kappa shape index (κ3) is 3.87. The number of rotatable bonds is 4. The molecule has 0 spiro atoms. The van der Waals surface area contributed by atoms with Crippen LogP contribution >= 0.6 is 0 Å². The number of furan rings is 1. The molecule has 0 radical (unpaired) electrons.